The third-order valence-electron chi connectivity index (χ3n) is 4.62. The van der Waals surface area contributed by atoms with Crippen molar-refractivity contribution in [2.24, 2.45) is 0 Å². The van der Waals surface area contributed by atoms with Crippen LogP contribution in [0, 0.1) is 5.82 Å². The minimum Gasteiger partial charge on any atom is -0.507 e. The summed E-state index contributed by atoms with van der Waals surface area (Å²) in [4.78, 5) is 0. The smallest absolute Gasteiger partial charge is 0.123 e. The van der Waals surface area contributed by atoms with Crippen LogP contribution >= 0.6 is 0 Å². The maximum atomic E-state index is 12.8. The molecule has 1 aliphatic carbocycles. The third-order valence-corrected chi connectivity index (χ3v) is 4.62. The molecule has 0 atom stereocenters. The van der Waals surface area contributed by atoms with Crippen molar-refractivity contribution >= 4 is 0 Å². The Labute approximate surface area is 136 Å². The molecular weight excluding hydrogens is 291 g/mol. The largest absolute Gasteiger partial charge is 0.507 e. The Morgan fingerprint density at radius 1 is 1.04 bits per heavy atom. The first-order valence-corrected chi connectivity index (χ1v) is 8.43. The maximum absolute atomic E-state index is 12.8. The van der Waals surface area contributed by atoms with Gasteiger partial charge in [-0.1, -0.05) is 31.0 Å². The lowest BCUT2D eigenvalue weighted by atomic mass is 9.93. The number of hydrogen-bond donors (Lipinski definition) is 1. The summed E-state index contributed by atoms with van der Waals surface area (Å²) in [5, 5.41) is 10.5. The zero-order chi connectivity index (χ0) is 16.1. The Hall–Kier alpha value is -2.03. The zero-order valence-corrected chi connectivity index (χ0v) is 13.3. The van der Waals surface area contributed by atoms with Crippen molar-refractivity contribution in [3.8, 4) is 11.5 Å². The van der Waals surface area contributed by atoms with Gasteiger partial charge >= 0.3 is 0 Å². The average Bonchev–Trinajstić information content (AvgIpc) is 3.09. The van der Waals surface area contributed by atoms with Crippen LogP contribution in [0.15, 0.2) is 42.5 Å². The second-order valence-corrected chi connectivity index (χ2v) is 6.24. The Kier molecular flexibility index (Phi) is 5.16. The van der Waals surface area contributed by atoms with E-state index in [2.05, 4.69) is 6.07 Å². The van der Waals surface area contributed by atoms with Gasteiger partial charge in [0.25, 0.3) is 0 Å². The first-order chi connectivity index (χ1) is 11.2. The van der Waals surface area contributed by atoms with Gasteiger partial charge in [-0.05, 0) is 67.0 Å². The molecule has 0 amide bonds. The molecule has 0 aliphatic heterocycles. The molecule has 0 unspecified atom stereocenters. The molecule has 1 aliphatic rings. The number of ether oxygens (including phenoxy) is 1. The van der Waals surface area contributed by atoms with Gasteiger partial charge in [-0.2, -0.15) is 0 Å². The van der Waals surface area contributed by atoms with Crippen molar-refractivity contribution in [2.75, 3.05) is 6.61 Å². The molecule has 1 N–H and O–H groups in total. The summed E-state index contributed by atoms with van der Waals surface area (Å²) < 4.78 is 18.4. The SMILES string of the molecule is Oc1c(CCCOc2ccc(F)cc2)cccc1C1CCCC1. The van der Waals surface area contributed by atoms with Crippen molar-refractivity contribution in [3.63, 3.8) is 0 Å². The number of phenolic OH excluding ortho intramolecular Hbond substituents is 1. The van der Waals surface area contributed by atoms with Gasteiger partial charge in [-0.15, -0.1) is 0 Å². The number of aryl methyl sites for hydroxylation is 1. The Balaban J connectivity index is 1.53. The molecule has 0 spiro atoms. The van der Waals surface area contributed by atoms with Crippen LogP contribution in [0.1, 0.15) is 49.1 Å². The van der Waals surface area contributed by atoms with Gasteiger partial charge in [-0.3, -0.25) is 0 Å². The van der Waals surface area contributed by atoms with E-state index in [1.54, 1.807) is 12.1 Å². The first-order valence-electron chi connectivity index (χ1n) is 8.43. The van der Waals surface area contributed by atoms with E-state index in [1.165, 1.54) is 37.8 Å². The highest BCUT2D eigenvalue weighted by atomic mass is 19.1. The average molecular weight is 314 g/mol. The Bertz CT molecular complexity index is 631. The molecule has 3 heteroatoms. The van der Waals surface area contributed by atoms with Crippen LogP contribution in [0.5, 0.6) is 11.5 Å². The van der Waals surface area contributed by atoms with Crippen molar-refractivity contribution in [1.29, 1.82) is 0 Å². The number of rotatable bonds is 6. The van der Waals surface area contributed by atoms with Crippen molar-refractivity contribution < 1.29 is 14.2 Å². The van der Waals surface area contributed by atoms with E-state index in [0.717, 1.165) is 24.0 Å². The molecular formula is C20H23FO2. The summed E-state index contributed by atoms with van der Waals surface area (Å²) in [6.07, 6.45) is 6.50. The van der Waals surface area contributed by atoms with Crippen LogP contribution in [0.4, 0.5) is 4.39 Å². The fourth-order valence-electron chi connectivity index (χ4n) is 3.36. The molecule has 2 aromatic carbocycles. The molecule has 2 aromatic rings. The number of halogens is 1. The predicted molar refractivity (Wildman–Crippen MR) is 89.5 cm³/mol. The molecule has 23 heavy (non-hydrogen) atoms. The normalized spacial score (nSPS) is 15.0. The van der Waals surface area contributed by atoms with Crippen LogP contribution in [0.2, 0.25) is 0 Å². The second kappa shape index (κ2) is 7.49. The molecule has 0 bridgehead atoms. The summed E-state index contributed by atoms with van der Waals surface area (Å²) in [5.74, 6) is 1.41. The minimum absolute atomic E-state index is 0.258. The van der Waals surface area contributed by atoms with Gasteiger partial charge in [0.15, 0.2) is 0 Å². The molecule has 0 aromatic heterocycles. The quantitative estimate of drug-likeness (QED) is 0.743. The fourth-order valence-corrected chi connectivity index (χ4v) is 3.36. The lowest BCUT2D eigenvalue weighted by Gasteiger charge is -2.15. The number of para-hydroxylation sites is 1. The number of aromatic hydroxyl groups is 1. The van der Waals surface area contributed by atoms with Crippen LogP contribution < -0.4 is 4.74 Å². The van der Waals surface area contributed by atoms with Crippen LogP contribution in [-0.2, 0) is 6.42 Å². The predicted octanol–water partition coefficient (Wildman–Crippen LogP) is 5.20. The molecule has 0 saturated heterocycles. The van der Waals surface area contributed by atoms with Gasteiger partial charge < -0.3 is 9.84 Å². The van der Waals surface area contributed by atoms with E-state index in [1.807, 2.05) is 12.1 Å². The minimum atomic E-state index is -0.258. The zero-order valence-electron chi connectivity index (χ0n) is 13.3. The summed E-state index contributed by atoms with van der Waals surface area (Å²) in [6, 6.07) is 12.2. The molecule has 2 nitrogen and oxygen atoms in total. The highest BCUT2D eigenvalue weighted by Gasteiger charge is 2.20. The molecule has 0 heterocycles. The summed E-state index contributed by atoms with van der Waals surface area (Å²) in [5.41, 5.74) is 2.11. The fraction of sp³-hybridized carbons (Fsp3) is 0.400. The first kappa shape index (κ1) is 15.9. The third kappa shape index (κ3) is 4.04. The number of hydrogen-bond acceptors (Lipinski definition) is 2. The van der Waals surface area contributed by atoms with Crippen molar-refractivity contribution in [2.45, 2.75) is 44.4 Å². The standard InChI is InChI=1S/C20H23FO2/c21-17-10-12-18(13-11-17)23-14-4-8-16-7-3-9-19(20(16)22)15-5-1-2-6-15/h3,7,9-13,15,22H,1-2,4-6,8,14H2. The number of phenols is 1. The van der Waals surface area contributed by atoms with E-state index in [-0.39, 0.29) is 5.82 Å². The van der Waals surface area contributed by atoms with Gasteiger partial charge in [0.1, 0.15) is 17.3 Å². The monoisotopic (exact) mass is 314 g/mol. The van der Waals surface area contributed by atoms with Gasteiger partial charge in [0.2, 0.25) is 0 Å². The van der Waals surface area contributed by atoms with Crippen LogP contribution in [0.3, 0.4) is 0 Å². The van der Waals surface area contributed by atoms with Gasteiger partial charge in [0, 0.05) is 0 Å². The molecule has 1 fully saturated rings. The molecule has 122 valence electrons. The summed E-state index contributed by atoms with van der Waals surface area (Å²) in [7, 11) is 0. The van der Waals surface area contributed by atoms with E-state index in [0.29, 0.717) is 24.0 Å². The van der Waals surface area contributed by atoms with Gasteiger partial charge in [0.05, 0.1) is 6.61 Å². The van der Waals surface area contributed by atoms with E-state index in [4.69, 9.17) is 4.74 Å². The van der Waals surface area contributed by atoms with Crippen molar-refractivity contribution in [3.05, 3.63) is 59.4 Å². The van der Waals surface area contributed by atoms with E-state index in [9.17, 15) is 9.50 Å². The van der Waals surface area contributed by atoms with E-state index < -0.39 is 0 Å². The highest BCUT2D eigenvalue weighted by Crippen LogP contribution is 2.39. The Morgan fingerprint density at radius 2 is 1.78 bits per heavy atom. The molecule has 3 rings (SSSR count). The lowest BCUT2D eigenvalue weighted by Crippen LogP contribution is -2.01. The highest BCUT2D eigenvalue weighted by molar-refractivity contribution is 5.42. The Morgan fingerprint density at radius 3 is 2.52 bits per heavy atom. The molecule has 0 radical (unpaired) electrons. The van der Waals surface area contributed by atoms with Gasteiger partial charge in [-0.25, -0.2) is 4.39 Å². The van der Waals surface area contributed by atoms with Crippen molar-refractivity contribution in [1.82, 2.24) is 0 Å². The summed E-state index contributed by atoms with van der Waals surface area (Å²) in [6.45, 7) is 0.554. The van der Waals surface area contributed by atoms with Crippen LogP contribution in [0.25, 0.3) is 0 Å². The lowest BCUT2D eigenvalue weighted by molar-refractivity contribution is 0.309. The van der Waals surface area contributed by atoms with E-state index >= 15 is 0 Å². The summed E-state index contributed by atoms with van der Waals surface area (Å²) >= 11 is 0. The van der Waals surface area contributed by atoms with Crippen LogP contribution in [-0.4, -0.2) is 11.7 Å². The second-order valence-electron chi connectivity index (χ2n) is 6.24. The number of benzene rings is 2. The maximum Gasteiger partial charge on any atom is 0.123 e. The molecule has 1 saturated carbocycles. The topological polar surface area (TPSA) is 29.5 Å².